The van der Waals surface area contributed by atoms with Crippen LogP contribution in [0, 0.1) is 0 Å². The van der Waals surface area contributed by atoms with Gasteiger partial charge in [-0.3, -0.25) is 9.59 Å². The Kier molecular flexibility index (Phi) is 10.0. The SMILES string of the molecule is CCC(C)NC(=O)C(CC)N(Cc1ccccc1Cl)C(=O)CSc1ccc(Cl)cc1. The Bertz CT molecular complexity index is 845. The maximum atomic E-state index is 13.2. The number of carbonyl (C=O) groups is 2. The number of benzene rings is 2. The van der Waals surface area contributed by atoms with Gasteiger partial charge >= 0.3 is 0 Å². The number of thioether (sulfide) groups is 1. The van der Waals surface area contributed by atoms with E-state index in [-0.39, 0.29) is 30.2 Å². The van der Waals surface area contributed by atoms with Gasteiger partial charge in [0, 0.05) is 27.5 Å². The van der Waals surface area contributed by atoms with E-state index in [1.165, 1.54) is 11.8 Å². The zero-order chi connectivity index (χ0) is 22.1. The number of carbonyl (C=O) groups excluding carboxylic acids is 2. The molecule has 2 atom stereocenters. The Morgan fingerprint density at radius 3 is 2.30 bits per heavy atom. The van der Waals surface area contributed by atoms with Crippen LogP contribution in [0.2, 0.25) is 10.0 Å². The van der Waals surface area contributed by atoms with Crippen molar-refractivity contribution in [2.45, 2.75) is 57.1 Å². The molecule has 0 aromatic heterocycles. The molecule has 0 aliphatic carbocycles. The van der Waals surface area contributed by atoms with Crippen LogP contribution >= 0.6 is 35.0 Å². The second-order valence-electron chi connectivity index (χ2n) is 7.10. The molecular formula is C23H28Cl2N2O2S. The number of hydrogen-bond acceptors (Lipinski definition) is 3. The minimum Gasteiger partial charge on any atom is -0.352 e. The molecule has 2 rings (SSSR count). The van der Waals surface area contributed by atoms with Crippen molar-refractivity contribution in [2.75, 3.05) is 5.75 Å². The van der Waals surface area contributed by atoms with E-state index >= 15 is 0 Å². The maximum Gasteiger partial charge on any atom is 0.243 e. The molecule has 2 amide bonds. The van der Waals surface area contributed by atoms with Crippen LogP contribution < -0.4 is 5.32 Å². The zero-order valence-electron chi connectivity index (χ0n) is 17.5. The third kappa shape index (κ3) is 7.22. The van der Waals surface area contributed by atoms with Crippen molar-refractivity contribution in [3.8, 4) is 0 Å². The summed E-state index contributed by atoms with van der Waals surface area (Å²) in [5.41, 5.74) is 0.818. The van der Waals surface area contributed by atoms with Gasteiger partial charge in [-0.15, -0.1) is 11.8 Å². The summed E-state index contributed by atoms with van der Waals surface area (Å²) < 4.78 is 0. The average Bonchev–Trinajstić information content (AvgIpc) is 2.74. The van der Waals surface area contributed by atoms with Crippen LogP contribution in [0.1, 0.15) is 39.2 Å². The van der Waals surface area contributed by atoms with E-state index in [1.54, 1.807) is 23.1 Å². The van der Waals surface area contributed by atoms with Crippen molar-refractivity contribution in [1.29, 1.82) is 0 Å². The third-order valence-electron chi connectivity index (χ3n) is 4.86. The Hall–Kier alpha value is -1.69. The largest absolute Gasteiger partial charge is 0.352 e. The first-order valence-electron chi connectivity index (χ1n) is 10.1. The van der Waals surface area contributed by atoms with E-state index in [0.29, 0.717) is 16.5 Å². The summed E-state index contributed by atoms with van der Waals surface area (Å²) >= 11 is 13.7. The molecule has 0 fully saturated rings. The van der Waals surface area contributed by atoms with Crippen LogP contribution in [0.4, 0.5) is 0 Å². The summed E-state index contributed by atoms with van der Waals surface area (Å²) in [5.74, 6) is -0.0242. The maximum absolute atomic E-state index is 13.2. The lowest BCUT2D eigenvalue weighted by atomic mass is 10.1. The van der Waals surface area contributed by atoms with Gasteiger partial charge in [0.1, 0.15) is 6.04 Å². The molecule has 4 nitrogen and oxygen atoms in total. The van der Waals surface area contributed by atoms with E-state index in [0.717, 1.165) is 16.9 Å². The fourth-order valence-electron chi connectivity index (χ4n) is 2.93. The molecule has 2 aromatic rings. The van der Waals surface area contributed by atoms with Crippen LogP contribution in [0.15, 0.2) is 53.4 Å². The van der Waals surface area contributed by atoms with Crippen molar-refractivity contribution in [2.24, 2.45) is 0 Å². The molecule has 30 heavy (non-hydrogen) atoms. The molecule has 0 aliphatic heterocycles. The molecule has 2 unspecified atom stereocenters. The highest BCUT2D eigenvalue weighted by Crippen LogP contribution is 2.24. The minimum atomic E-state index is -0.561. The highest BCUT2D eigenvalue weighted by molar-refractivity contribution is 8.00. The van der Waals surface area contributed by atoms with E-state index in [9.17, 15) is 9.59 Å². The summed E-state index contributed by atoms with van der Waals surface area (Å²) in [6.07, 6.45) is 1.34. The standard InChI is InChI=1S/C23H28Cl2N2O2S/c1-4-16(3)26-23(29)21(5-2)27(14-17-8-6-7-9-20(17)25)22(28)15-30-19-12-10-18(24)11-13-19/h6-13,16,21H,4-5,14-15H2,1-3H3,(H,26,29). The van der Waals surface area contributed by atoms with Crippen LogP contribution in [0.25, 0.3) is 0 Å². The molecule has 0 heterocycles. The molecule has 0 aliphatic rings. The first-order valence-corrected chi connectivity index (χ1v) is 11.8. The van der Waals surface area contributed by atoms with E-state index < -0.39 is 6.04 Å². The van der Waals surface area contributed by atoms with Crippen molar-refractivity contribution in [1.82, 2.24) is 10.2 Å². The predicted octanol–water partition coefficient (Wildman–Crippen LogP) is 5.81. The van der Waals surface area contributed by atoms with E-state index in [4.69, 9.17) is 23.2 Å². The van der Waals surface area contributed by atoms with E-state index in [2.05, 4.69) is 5.32 Å². The number of hydrogen-bond donors (Lipinski definition) is 1. The Balaban J connectivity index is 2.21. The number of nitrogens with one attached hydrogen (secondary N) is 1. The number of nitrogens with zero attached hydrogens (tertiary/aromatic N) is 1. The Morgan fingerprint density at radius 1 is 1.03 bits per heavy atom. The lowest BCUT2D eigenvalue weighted by Gasteiger charge is -2.31. The summed E-state index contributed by atoms with van der Waals surface area (Å²) in [4.78, 5) is 28.7. The second-order valence-corrected chi connectivity index (χ2v) is 8.99. The second kappa shape index (κ2) is 12.2. The molecule has 0 radical (unpaired) electrons. The quantitative estimate of drug-likeness (QED) is 0.449. The topological polar surface area (TPSA) is 49.4 Å². The fraction of sp³-hybridized carbons (Fsp3) is 0.391. The van der Waals surface area contributed by atoms with Crippen molar-refractivity contribution < 1.29 is 9.59 Å². The summed E-state index contributed by atoms with van der Waals surface area (Å²) in [7, 11) is 0. The first-order chi connectivity index (χ1) is 14.3. The van der Waals surface area contributed by atoms with Gasteiger partial charge in [-0.1, -0.05) is 55.2 Å². The van der Waals surface area contributed by atoms with Crippen LogP contribution in [0.5, 0.6) is 0 Å². The van der Waals surface area contributed by atoms with Gasteiger partial charge < -0.3 is 10.2 Å². The van der Waals surface area contributed by atoms with Gasteiger partial charge in [0.2, 0.25) is 11.8 Å². The van der Waals surface area contributed by atoms with Gasteiger partial charge in [-0.2, -0.15) is 0 Å². The number of halogens is 2. The van der Waals surface area contributed by atoms with Crippen LogP contribution in [-0.4, -0.2) is 34.6 Å². The molecule has 1 N–H and O–H groups in total. The monoisotopic (exact) mass is 466 g/mol. The minimum absolute atomic E-state index is 0.0484. The van der Waals surface area contributed by atoms with Crippen LogP contribution in [-0.2, 0) is 16.1 Å². The zero-order valence-corrected chi connectivity index (χ0v) is 19.9. The highest BCUT2D eigenvalue weighted by atomic mass is 35.5. The summed E-state index contributed by atoms with van der Waals surface area (Å²) in [6.45, 7) is 6.18. The smallest absolute Gasteiger partial charge is 0.243 e. The highest BCUT2D eigenvalue weighted by Gasteiger charge is 2.29. The summed E-state index contributed by atoms with van der Waals surface area (Å²) in [6, 6.07) is 14.2. The van der Waals surface area contributed by atoms with Crippen molar-refractivity contribution in [3.63, 3.8) is 0 Å². The van der Waals surface area contributed by atoms with Gasteiger partial charge in [-0.25, -0.2) is 0 Å². The van der Waals surface area contributed by atoms with Gasteiger partial charge in [0.15, 0.2) is 0 Å². The molecular weight excluding hydrogens is 439 g/mol. The van der Waals surface area contributed by atoms with Crippen molar-refractivity contribution >= 4 is 46.8 Å². The van der Waals surface area contributed by atoms with Crippen molar-refractivity contribution in [3.05, 3.63) is 64.1 Å². The van der Waals surface area contributed by atoms with Crippen LogP contribution in [0.3, 0.4) is 0 Å². The molecule has 7 heteroatoms. The molecule has 162 valence electrons. The molecule has 0 spiro atoms. The predicted molar refractivity (Wildman–Crippen MR) is 126 cm³/mol. The fourth-order valence-corrected chi connectivity index (χ4v) is 4.04. The lowest BCUT2D eigenvalue weighted by molar-refractivity contribution is -0.139. The van der Waals surface area contributed by atoms with Gasteiger partial charge in [0.05, 0.1) is 5.75 Å². The number of rotatable bonds is 10. The lowest BCUT2D eigenvalue weighted by Crippen LogP contribution is -2.51. The molecule has 2 aromatic carbocycles. The summed E-state index contributed by atoms with van der Waals surface area (Å²) in [5, 5.41) is 4.24. The normalized spacial score (nSPS) is 12.8. The van der Waals surface area contributed by atoms with E-state index in [1.807, 2.05) is 51.1 Å². The van der Waals surface area contributed by atoms with Gasteiger partial charge in [0.25, 0.3) is 0 Å². The molecule has 0 bridgehead atoms. The average molecular weight is 467 g/mol. The first kappa shape index (κ1) is 24.6. The molecule has 0 saturated carbocycles. The molecule has 0 saturated heterocycles. The Labute approximate surface area is 193 Å². The Morgan fingerprint density at radius 2 is 1.70 bits per heavy atom. The van der Waals surface area contributed by atoms with Gasteiger partial charge in [-0.05, 0) is 55.7 Å². The third-order valence-corrected chi connectivity index (χ3v) is 6.48. The number of amides is 2.